The van der Waals surface area contributed by atoms with Crippen LogP contribution in [0.3, 0.4) is 0 Å². The molecule has 0 aromatic carbocycles. The van der Waals surface area contributed by atoms with Gasteiger partial charge in [-0.25, -0.2) is 0 Å². The third-order valence-electron chi connectivity index (χ3n) is 4.27. The van der Waals surface area contributed by atoms with Crippen molar-refractivity contribution in [2.45, 2.75) is 69.6 Å². The van der Waals surface area contributed by atoms with E-state index in [9.17, 15) is 19.2 Å². The molecule has 26 heavy (non-hydrogen) atoms. The van der Waals surface area contributed by atoms with Gasteiger partial charge in [0.1, 0.15) is 0 Å². The molecule has 7 nitrogen and oxygen atoms in total. The molecule has 3 unspecified atom stereocenters. The lowest BCUT2D eigenvalue weighted by Crippen LogP contribution is -2.39. The Morgan fingerprint density at radius 3 is 2.46 bits per heavy atom. The van der Waals surface area contributed by atoms with Crippen molar-refractivity contribution in [2.24, 2.45) is 5.92 Å². The second-order valence-corrected chi connectivity index (χ2v) is 9.29. The predicted octanol–water partition coefficient (Wildman–Crippen LogP) is 2.73. The maximum Gasteiger partial charge on any atom is 0.306 e. The number of carbonyl (C=O) groups is 4. The number of hydrogen-bond donors (Lipinski definition) is 3. The first-order valence-electron chi connectivity index (χ1n) is 8.84. The number of ketones is 1. The molecule has 0 bridgehead atoms. The molecule has 3 N–H and O–H groups in total. The topological polar surface area (TPSA) is 121 Å². The molecule has 1 heterocycles. The lowest BCUT2D eigenvalue weighted by molar-refractivity contribution is -0.145. The summed E-state index contributed by atoms with van der Waals surface area (Å²) < 4.78 is 0. The Labute approximate surface area is 161 Å². The molecular weight excluding hydrogens is 378 g/mol. The number of Topliss-reactive ketones (excluding diaryl/α,β-unsaturated/α-hetero) is 1. The van der Waals surface area contributed by atoms with E-state index in [2.05, 4.69) is 5.32 Å². The SMILES string of the molecule is CC(NC(=O)CCCCC1CCSS1)C(=O)CC(CCC(=O)O)C(=O)O. The number of unbranched alkanes of at least 4 members (excludes halogenated alkanes) is 1. The zero-order chi connectivity index (χ0) is 19.5. The van der Waals surface area contributed by atoms with Gasteiger partial charge >= 0.3 is 11.9 Å². The van der Waals surface area contributed by atoms with Gasteiger partial charge < -0.3 is 15.5 Å². The smallest absolute Gasteiger partial charge is 0.306 e. The predicted molar refractivity (Wildman–Crippen MR) is 102 cm³/mol. The van der Waals surface area contributed by atoms with E-state index in [1.807, 2.05) is 21.6 Å². The summed E-state index contributed by atoms with van der Waals surface area (Å²) in [5.74, 6) is -2.74. The normalized spacial score (nSPS) is 18.9. The molecule has 0 spiro atoms. The first kappa shape index (κ1) is 22.8. The molecule has 1 amide bonds. The van der Waals surface area contributed by atoms with E-state index >= 15 is 0 Å². The zero-order valence-corrected chi connectivity index (χ0v) is 16.6. The molecule has 1 rings (SSSR count). The van der Waals surface area contributed by atoms with E-state index in [-0.39, 0.29) is 25.2 Å². The third kappa shape index (κ3) is 9.47. The second-order valence-electron chi connectivity index (χ2n) is 6.50. The Morgan fingerprint density at radius 1 is 1.15 bits per heavy atom. The molecule has 1 fully saturated rings. The number of carboxylic acid groups (broad SMARTS) is 2. The molecule has 3 atom stereocenters. The standard InChI is InChI=1S/C17H27NO6S2/c1-11(14(19)10-12(17(23)24)6-7-16(21)22)18-15(20)5-3-2-4-13-8-9-25-26-13/h11-13H,2-10H2,1H3,(H,18,20)(H,21,22)(H,23,24). The molecule has 0 saturated carbocycles. The highest BCUT2D eigenvalue weighted by Gasteiger charge is 2.25. The highest BCUT2D eigenvalue weighted by Crippen LogP contribution is 2.39. The fourth-order valence-electron chi connectivity index (χ4n) is 2.65. The van der Waals surface area contributed by atoms with Gasteiger partial charge in [0, 0.05) is 30.3 Å². The highest BCUT2D eigenvalue weighted by molar-refractivity contribution is 8.77. The molecule has 0 radical (unpaired) electrons. The quantitative estimate of drug-likeness (QED) is 0.316. The summed E-state index contributed by atoms with van der Waals surface area (Å²) in [7, 11) is 3.81. The number of aliphatic carboxylic acids is 2. The lowest BCUT2D eigenvalue weighted by Gasteiger charge is -2.16. The highest BCUT2D eigenvalue weighted by atomic mass is 33.1. The van der Waals surface area contributed by atoms with Gasteiger partial charge in [-0.3, -0.25) is 19.2 Å². The van der Waals surface area contributed by atoms with Crippen LogP contribution in [0, 0.1) is 5.92 Å². The summed E-state index contributed by atoms with van der Waals surface area (Å²) in [6.45, 7) is 1.53. The van der Waals surface area contributed by atoms with Crippen LogP contribution >= 0.6 is 21.6 Å². The van der Waals surface area contributed by atoms with Crippen LogP contribution < -0.4 is 5.32 Å². The molecule has 1 saturated heterocycles. The number of nitrogens with one attached hydrogen (secondary N) is 1. The summed E-state index contributed by atoms with van der Waals surface area (Å²) in [4.78, 5) is 45.7. The number of carbonyl (C=O) groups excluding carboxylic acids is 2. The fourth-order valence-corrected chi connectivity index (χ4v) is 5.67. The number of amides is 1. The van der Waals surface area contributed by atoms with E-state index in [0.717, 1.165) is 19.3 Å². The second kappa shape index (κ2) is 12.2. The molecule has 0 aromatic heterocycles. The first-order valence-corrected chi connectivity index (χ1v) is 11.2. The zero-order valence-electron chi connectivity index (χ0n) is 14.9. The van der Waals surface area contributed by atoms with Gasteiger partial charge in [-0.2, -0.15) is 0 Å². The Hall–Kier alpha value is -1.22. The van der Waals surface area contributed by atoms with Crippen molar-refractivity contribution in [3.63, 3.8) is 0 Å². The minimum absolute atomic E-state index is 0.103. The van der Waals surface area contributed by atoms with E-state index in [1.165, 1.54) is 19.1 Å². The van der Waals surface area contributed by atoms with Crippen LogP contribution in [0.25, 0.3) is 0 Å². The summed E-state index contributed by atoms with van der Waals surface area (Å²) in [5, 5.41) is 21.0. The average molecular weight is 406 g/mol. The van der Waals surface area contributed by atoms with Crippen LogP contribution in [0.4, 0.5) is 0 Å². The van der Waals surface area contributed by atoms with Crippen molar-refractivity contribution in [3.05, 3.63) is 0 Å². The Bertz CT molecular complexity index is 507. The molecule has 0 aromatic rings. The van der Waals surface area contributed by atoms with Crippen molar-refractivity contribution >= 4 is 45.2 Å². The van der Waals surface area contributed by atoms with Gasteiger partial charge in [0.15, 0.2) is 5.78 Å². The van der Waals surface area contributed by atoms with E-state index in [0.29, 0.717) is 11.7 Å². The summed E-state index contributed by atoms with van der Waals surface area (Å²) in [5.41, 5.74) is 0. The summed E-state index contributed by atoms with van der Waals surface area (Å²) in [6.07, 6.45) is 3.74. The minimum atomic E-state index is -1.19. The molecule has 0 aliphatic carbocycles. The monoisotopic (exact) mass is 405 g/mol. The Balaban J connectivity index is 2.26. The number of hydrogen-bond acceptors (Lipinski definition) is 6. The van der Waals surface area contributed by atoms with E-state index < -0.39 is 29.7 Å². The fraction of sp³-hybridized carbons (Fsp3) is 0.765. The lowest BCUT2D eigenvalue weighted by atomic mass is 9.94. The van der Waals surface area contributed by atoms with Gasteiger partial charge in [-0.15, -0.1) is 0 Å². The van der Waals surface area contributed by atoms with Gasteiger partial charge in [0.2, 0.25) is 5.91 Å². The van der Waals surface area contributed by atoms with Crippen LogP contribution in [-0.2, 0) is 19.2 Å². The van der Waals surface area contributed by atoms with Gasteiger partial charge in [0.05, 0.1) is 12.0 Å². The van der Waals surface area contributed by atoms with Crippen molar-refractivity contribution in [1.82, 2.24) is 5.32 Å². The molecule has 1 aliphatic rings. The molecule has 148 valence electrons. The van der Waals surface area contributed by atoms with Crippen molar-refractivity contribution in [1.29, 1.82) is 0 Å². The van der Waals surface area contributed by atoms with Crippen LogP contribution in [-0.4, -0.2) is 50.9 Å². The van der Waals surface area contributed by atoms with Crippen molar-refractivity contribution in [3.8, 4) is 0 Å². The minimum Gasteiger partial charge on any atom is -0.481 e. The number of rotatable bonds is 13. The largest absolute Gasteiger partial charge is 0.481 e. The Kier molecular flexibility index (Phi) is 10.7. The molecule has 9 heteroatoms. The Morgan fingerprint density at radius 2 is 1.88 bits per heavy atom. The van der Waals surface area contributed by atoms with Gasteiger partial charge in [0.25, 0.3) is 0 Å². The van der Waals surface area contributed by atoms with Crippen LogP contribution in [0.1, 0.15) is 58.3 Å². The third-order valence-corrected chi connectivity index (χ3v) is 7.28. The van der Waals surface area contributed by atoms with Crippen molar-refractivity contribution in [2.75, 3.05) is 5.75 Å². The maximum absolute atomic E-state index is 12.1. The molecule has 1 aliphatic heterocycles. The van der Waals surface area contributed by atoms with Crippen LogP contribution in [0.5, 0.6) is 0 Å². The van der Waals surface area contributed by atoms with E-state index in [1.54, 1.807) is 0 Å². The van der Waals surface area contributed by atoms with Gasteiger partial charge in [-0.1, -0.05) is 28.0 Å². The van der Waals surface area contributed by atoms with Crippen LogP contribution in [0.2, 0.25) is 0 Å². The maximum atomic E-state index is 12.1. The van der Waals surface area contributed by atoms with E-state index in [4.69, 9.17) is 10.2 Å². The van der Waals surface area contributed by atoms with Crippen molar-refractivity contribution < 1.29 is 29.4 Å². The molecular formula is C17H27NO6S2. The summed E-state index contributed by atoms with van der Waals surface area (Å²) in [6, 6.07) is -0.768. The number of carboxylic acids is 2. The van der Waals surface area contributed by atoms with Gasteiger partial charge in [-0.05, 0) is 32.6 Å². The van der Waals surface area contributed by atoms with Crippen LogP contribution in [0.15, 0.2) is 0 Å². The summed E-state index contributed by atoms with van der Waals surface area (Å²) >= 11 is 0. The first-order chi connectivity index (χ1) is 12.3. The average Bonchev–Trinajstić information content (AvgIpc) is 3.08.